The van der Waals surface area contributed by atoms with Gasteiger partial charge in [0, 0.05) is 10.9 Å². The van der Waals surface area contributed by atoms with Gasteiger partial charge in [-0.2, -0.15) is 5.10 Å². The number of aromatic nitrogens is 1. The summed E-state index contributed by atoms with van der Waals surface area (Å²) in [5, 5.41) is 33.7. The van der Waals surface area contributed by atoms with Gasteiger partial charge >= 0.3 is 7.12 Å². The fourth-order valence-corrected chi connectivity index (χ4v) is 1.88. The second-order valence-electron chi connectivity index (χ2n) is 3.64. The van der Waals surface area contributed by atoms with Crippen LogP contribution in [-0.2, 0) is 0 Å². The number of hydrogen-bond acceptors (Lipinski definition) is 8. The lowest BCUT2D eigenvalue weighted by Crippen LogP contribution is -2.29. The van der Waals surface area contributed by atoms with Crippen LogP contribution in [0.2, 0.25) is 0 Å². The second-order valence-corrected chi connectivity index (χ2v) is 4.50. The lowest BCUT2D eigenvalue weighted by molar-refractivity contribution is 0.425. The molecule has 1 aromatic carbocycles. The van der Waals surface area contributed by atoms with Gasteiger partial charge in [0.2, 0.25) is 5.13 Å². The zero-order chi connectivity index (χ0) is 13.8. The minimum absolute atomic E-state index is 0.0198. The molecule has 0 radical (unpaired) electrons. The number of nitrogens with two attached hydrogens (primary N) is 1. The summed E-state index contributed by atoms with van der Waals surface area (Å²) in [5.74, 6) is 0.379. The van der Waals surface area contributed by atoms with Crippen LogP contribution in [0.4, 0.5) is 10.9 Å². The molecule has 6 N–H and O–H groups in total. The number of nitrogens with one attached hydrogen (secondary N) is 1. The standard InChI is InChI=1S/C10H11BN4O3S/c12-9-5-19-10(14-9)15-13-4-6-3-7(11(17)18)1-2-8(6)16/h1-5,16-18H,12H2,(H,14,15). The average Bonchev–Trinajstić information content (AvgIpc) is 2.77. The SMILES string of the molecule is Nc1csc(NN=Cc2cc(B(O)O)ccc2O)n1. The first-order valence-electron chi connectivity index (χ1n) is 5.25. The number of nitrogen functional groups attached to an aromatic ring is 1. The number of rotatable bonds is 4. The molecule has 2 rings (SSSR count). The van der Waals surface area contributed by atoms with Crippen molar-refractivity contribution in [3.8, 4) is 5.75 Å². The molecule has 19 heavy (non-hydrogen) atoms. The Balaban J connectivity index is 2.11. The molecule has 2 aromatic rings. The number of hydrazone groups is 1. The van der Waals surface area contributed by atoms with E-state index in [1.807, 2.05) is 0 Å². The summed E-state index contributed by atoms with van der Waals surface area (Å²) in [7, 11) is -1.60. The molecule has 0 bridgehead atoms. The Morgan fingerprint density at radius 3 is 2.84 bits per heavy atom. The van der Waals surface area contributed by atoms with Crippen molar-refractivity contribution < 1.29 is 15.2 Å². The van der Waals surface area contributed by atoms with E-state index in [9.17, 15) is 5.11 Å². The van der Waals surface area contributed by atoms with E-state index in [4.69, 9.17) is 15.8 Å². The van der Waals surface area contributed by atoms with Gasteiger partial charge in [-0.05, 0) is 17.6 Å². The van der Waals surface area contributed by atoms with E-state index in [2.05, 4.69) is 15.5 Å². The molecule has 0 spiro atoms. The highest BCUT2D eigenvalue weighted by atomic mass is 32.1. The molecule has 0 aliphatic rings. The maximum atomic E-state index is 9.60. The third kappa shape index (κ3) is 3.44. The summed E-state index contributed by atoms with van der Waals surface area (Å²) in [6, 6.07) is 4.19. The fraction of sp³-hybridized carbons (Fsp3) is 0. The topological polar surface area (TPSA) is 124 Å². The lowest BCUT2D eigenvalue weighted by atomic mass is 9.79. The Hall–Kier alpha value is -2.10. The van der Waals surface area contributed by atoms with Gasteiger partial charge in [-0.1, -0.05) is 6.07 Å². The Morgan fingerprint density at radius 1 is 1.42 bits per heavy atom. The van der Waals surface area contributed by atoms with Crippen molar-refractivity contribution in [3.63, 3.8) is 0 Å². The maximum Gasteiger partial charge on any atom is 0.488 e. The molecule has 0 fully saturated rings. The van der Waals surface area contributed by atoms with E-state index < -0.39 is 7.12 Å². The number of phenolic OH excluding ortho intramolecular Hbond substituents is 1. The van der Waals surface area contributed by atoms with Crippen LogP contribution in [0.15, 0.2) is 28.7 Å². The summed E-state index contributed by atoms with van der Waals surface area (Å²) in [6.45, 7) is 0. The molecular weight excluding hydrogens is 267 g/mol. The molecule has 0 saturated carbocycles. The largest absolute Gasteiger partial charge is 0.507 e. The van der Waals surface area contributed by atoms with E-state index in [1.54, 1.807) is 5.38 Å². The predicted octanol–water partition coefficient (Wildman–Crippen LogP) is -0.443. The lowest BCUT2D eigenvalue weighted by Gasteiger charge is -2.03. The molecule has 0 aliphatic heterocycles. The first-order valence-corrected chi connectivity index (χ1v) is 6.13. The van der Waals surface area contributed by atoms with E-state index in [0.29, 0.717) is 16.5 Å². The zero-order valence-corrected chi connectivity index (χ0v) is 10.5. The minimum Gasteiger partial charge on any atom is -0.507 e. The van der Waals surface area contributed by atoms with Crippen molar-refractivity contribution in [2.24, 2.45) is 5.10 Å². The fourth-order valence-electron chi connectivity index (χ4n) is 1.33. The van der Waals surface area contributed by atoms with Crippen LogP contribution in [0.5, 0.6) is 5.75 Å². The number of phenols is 1. The van der Waals surface area contributed by atoms with Gasteiger partial charge in [0.25, 0.3) is 0 Å². The minimum atomic E-state index is -1.60. The number of anilines is 2. The first-order chi connectivity index (χ1) is 9.06. The molecule has 0 atom stereocenters. The molecule has 98 valence electrons. The van der Waals surface area contributed by atoms with E-state index >= 15 is 0 Å². The van der Waals surface area contributed by atoms with Gasteiger partial charge in [0.05, 0.1) is 6.21 Å². The smallest absolute Gasteiger partial charge is 0.488 e. The summed E-state index contributed by atoms with van der Waals surface area (Å²) in [4.78, 5) is 3.94. The Labute approximate surface area is 113 Å². The molecular formula is C10H11BN4O3S. The van der Waals surface area contributed by atoms with E-state index in [0.717, 1.165) is 0 Å². The number of hydrogen-bond donors (Lipinski definition) is 5. The molecule has 9 heteroatoms. The predicted molar refractivity (Wildman–Crippen MR) is 75.7 cm³/mol. The Kier molecular flexibility index (Phi) is 4.00. The summed E-state index contributed by atoms with van der Waals surface area (Å²) < 4.78 is 0. The van der Waals surface area contributed by atoms with Crippen LogP contribution in [-0.4, -0.2) is 33.5 Å². The van der Waals surface area contributed by atoms with Gasteiger partial charge in [-0.25, -0.2) is 4.98 Å². The van der Waals surface area contributed by atoms with Crippen molar-refractivity contribution in [2.75, 3.05) is 11.2 Å². The summed E-state index contributed by atoms with van der Waals surface area (Å²) in [6.07, 6.45) is 1.35. The third-order valence-corrected chi connectivity index (χ3v) is 3.00. The van der Waals surface area contributed by atoms with E-state index in [1.165, 1.54) is 35.8 Å². The number of nitrogens with zero attached hydrogens (tertiary/aromatic N) is 2. The number of thiazole rings is 1. The Bertz CT molecular complexity index is 602. The first kappa shape index (κ1) is 13.3. The molecule has 0 amide bonds. The summed E-state index contributed by atoms with van der Waals surface area (Å²) in [5.41, 5.74) is 8.71. The van der Waals surface area contributed by atoms with Gasteiger partial charge in [-0.3, -0.25) is 5.43 Å². The maximum absolute atomic E-state index is 9.60. The van der Waals surface area contributed by atoms with Crippen LogP contribution >= 0.6 is 11.3 Å². The molecule has 1 heterocycles. The normalized spacial score (nSPS) is 10.8. The van der Waals surface area contributed by atoms with Gasteiger partial charge in [-0.15, -0.1) is 11.3 Å². The number of aromatic hydroxyl groups is 1. The van der Waals surface area contributed by atoms with Crippen LogP contribution in [0.1, 0.15) is 5.56 Å². The van der Waals surface area contributed by atoms with Crippen molar-refractivity contribution in [3.05, 3.63) is 29.1 Å². The quantitative estimate of drug-likeness (QED) is 0.293. The molecule has 0 saturated heterocycles. The highest BCUT2D eigenvalue weighted by molar-refractivity contribution is 7.14. The number of benzene rings is 1. The highest BCUT2D eigenvalue weighted by Crippen LogP contribution is 2.16. The van der Waals surface area contributed by atoms with Crippen LogP contribution in [0.3, 0.4) is 0 Å². The monoisotopic (exact) mass is 278 g/mol. The van der Waals surface area contributed by atoms with Gasteiger partial charge in [0.1, 0.15) is 11.6 Å². The van der Waals surface area contributed by atoms with Crippen LogP contribution in [0.25, 0.3) is 0 Å². The van der Waals surface area contributed by atoms with E-state index in [-0.39, 0.29) is 11.2 Å². The summed E-state index contributed by atoms with van der Waals surface area (Å²) >= 11 is 1.29. The second kappa shape index (κ2) is 5.70. The van der Waals surface area contributed by atoms with Crippen molar-refractivity contribution in [1.29, 1.82) is 0 Å². The molecule has 1 aromatic heterocycles. The van der Waals surface area contributed by atoms with Crippen molar-refractivity contribution in [1.82, 2.24) is 4.98 Å². The van der Waals surface area contributed by atoms with Gasteiger partial charge in [0.15, 0.2) is 0 Å². The molecule has 0 aliphatic carbocycles. The van der Waals surface area contributed by atoms with Gasteiger partial charge < -0.3 is 20.9 Å². The average molecular weight is 278 g/mol. The van der Waals surface area contributed by atoms with Crippen LogP contribution < -0.4 is 16.6 Å². The zero-order valence-electron chi connectivity index (χ0n) is 9.69. The third-order valence-electron chi connectivity index (χ3n) is 2.24. The highest BCUT2D eigenvalue weighted by Gasteiger charge is 2.12. The van der Waals surface area contributed by atoms with Crippen LogP contribution in [0, 0.1) is 0 Å². The Morgan fingerprint density at radius 2 is 2.21 bits per heavy atom. The van der Waals surface area contributed by atoms with Crippen molar-refractivity contribution in [2.45, 2.75) is 0 Å². The molecule has 0 unspecified atom stereocenters. The van der Waals surface area contributed by atoms with Crippen molar-refractivity contribution >= 4 is 41.1 Å². The molecule has 7 nitrogen and oxygen atoms in total.